The molecule has 0 saturated carbocycles. The lowest BCUT2D eigenvalue weighted by Crippen LogP contribution is -2.49. The summed E-state index contributed by atoms with van der Waals surface area (Å²) in [6.45, 7) is 2.59. The minimum Gasteiger partial charge on any atom is -0.476 e. The largest absolute Gasteiger partial charge is 0.476 e. The number of hydrogen-bond donors (Lipinski definition) is 1. The van der Waals surface area contributed by atoms with Gasteiger partial charge in [0.2, 0.25) is 5.88 Å². The van der Waals surface area contributed by atoms with E-state index in [-0.39, 0.29) is 12.1 Å². The van der Waals surface area contributed by atoms with Gasteiger partial charge in [-0.25, -0.2) is 4.98 Å². The number of aromatic nitrogens is 1. The third kappa shape index (κ3) is 2.84. The molecule has 1 saturated heterocycles. The Morgan fingerprint density at radius 2 is 2.20 bits per heavy atom. The second-order valence-electron chi connectivity index (χ2n) is 6.82. The maximum atomic E-state index is 9.84. The van der Waals surface area contributed by atoms with Crippen LogP contribution in [0.4, 0.5) is 0 Å². The summed E-state index contributed by atoms with van der Waals surface area (Å²) in [6, 6.07) is 3.86. The molecule has 25 heavy (non-hydrogen) atoms. The second kappa shape index (κ2) is 6.67. The maximum absolute atomic E-state index is 9.84. The van der Waals surface area contributed by atoms with Crippen LogP contribution >= 0.6 is 27.5 Å². The number of rotatable bonds is 4. The molecule has 2 aromatic rings. The second-order valence-corrected chi connectivity index (χ2v) is 7.99. The molecule has 0 bridgehead atoms. The van der Waals surface area contributed by atoms with E-state index in [4.69, 9.17) is 21.1 Å². The SMILES string of the molecule is CN1CCCC1(CO)COc1ccc2c3c(c(Br)c(Cl)c2n1)COC3. The molecule has 1 N–H and O–H groups in total. The zero-order valence-electron chi connectivity index (χ0n) is 14.0. The molecule has 1 aromatic carbocycles. The normalized spacial score (nSPS) is 23.4. The van der Waals surface area contributed by atoms with Crippen LogP contribution in [0.1, 0.15) is 24.0 Å². The van der Waals surface area contributed by atoms with Crippen LogP contribution in [0.15, 0.2) is 16.6 Å². The molecule has 0 radical (unpaired) electrons. The predicted molar refractivity (Wildman–Crippen MR) is 100 cm³/mol. The lowest BCUT2D eigenvalue weighted by atomic mass is 9.99. The van der Waals surface area contributed by atoms with Gasteiger partial charge in [0.05, 0.1) is 35.9 Å². The molecular weight excluding hydrogens is 408 g/mol. The summed E-state index contributed by atoms with van der Waals surface area (Å²) < 4.78 is 12.4. The Labute approximate surface area is 160 Å². The van der Waals surface area contributed by atoms with Crippen LogP contribution in [0.2, 0.25) is 5.02 Å². The first-order valence-electron chi connectivity index (χ1n) is 8.38. The highest BCUT2D eigenvalue weighted by Crippen LogP contribution is 2.41. The molecule has 2 aliphatic rings. The Balaban J connectivity index is 1.66. The number of halogens is 2. The topological polar surface area (TPSA) is 54.8 Å². The number of pyridine rings is 1. The molecule has 3 heterocycles. The molecule has 1 unspecified atom stereocenters. The van der Waals surface area contributed by atoms with Gasteiger partial charge >= 0.3 is 0 Å². The molecule has 0 aliphatic carbocycles. The van der Waals surface area contributed by atoms with E-state index in [0.717, 1.165) is 40.4 Å². The maximum Gasteiger partial charge on any atom is 0.213 e. The molecule has 1 atom stereocenters. The van der Waals surface area contributed by atoms with Gasteiger partial charge < -0.3 is 14.6 Å². The van der Waals surface area contributed by atoms with Crippen molar-refractivity contribution in [2.75, 3.05) is 26.8 Å². The summed E-state index contributed by atoms with van der Waals surface area (Å²) in [5, 5.41) is 11.4. The summed E-state index contributed by atoms with van der Waals surface area (Å²) in [4.78, 5) is 6.79. The van der Waals surface area contributed by atoms with E-state index in [0.29, 0.717) is 36.2 Å². The minimum atomic E-state index is -0.327. The fourth-order valence-corrected chi connectivity index (χ4v) is 4.54. The van der Waals surface area contributed by atoms with Crippen LogP contribution in [0.25, 0.3) is 10.9 Å². The van der Waals surface area contributed by atoms with Gasteiger partial charge in [-0.2, -0.15) is 0 Å². The number of aliphatic hydroxyl groups excluding tert-OH is 1. The van der Waals surface area contributed by atoms with E-state index >= 15 is 0 Å². The fraction of sp³-hybridized carbons (Fsp3) is 0.500. The van der Waals surface area contributed by atoms with Crippen molar-refractivity contribution in [3.8, 4) is 5.88 Å². The van der Waals surface area contributed by atoms with E-state index < -0.39 is 0 Å². The third-order valence-corrected chi connectivity index (χ3v) is 6.92. The summed E-state index contributed by atoms with van der Waals surface area (Å²) in [5.41, 5.74) is 2.62. The number of ether oxygens (including phenoxy) is 2. The molecule has 2 aliphatic heterocycles. The van der Waals surface area contributed by atoms with Gasteiger partial charge in [-0.05, 0) is 59.6 Å². The Morgan fingerprint density at radius 1 is 1.40 bits per heavy atom. The molecule has 0 spiro atoms. The first-order valence-corrected chi connectivity index (χ1v) is 9.55. The lowest BCUT2D eigenvalue weighted by molar-refractivity contribution is 0.0380. The van der Waals surface area contributed by atoms with Crippen molar-refractivity contribution in [2.45, 2.75) is 31.6 Å². The van der Waals surface area contributed by atoms with Gasteiger partial charge in [-0.3, -0.25) is 4.90 Å². The van der Waals surface area contributed by atoms with Crippen LogP contribution in [-0.4, -0.2) is 47.3 Å². The van der Waals surface area contributed by atoms with Gasteiger partial charge in [-0.15, -0.1) is 0 Å². The van der Waals surface area contributed by atoms with Gasteiger partial charge in [-0.1, -0.05) is 11.6 Å². The molecule has 1 aromatic heterocycles. The zero-order valence-corrected chi connectivity index (χ0v) is 16.4. The van der Waals surface area contributed by atoms with Crippen molar-refractivity contribution in [1.82, 2.24) is 9.88 Å². The number of fused-ring (bicyclic) bond motifs is 3. The van der Waals surface area contributed by atoms with Crippen LogP contribution in [-0.2, 0) is 18.0 Å². The van der Waals surface area contributed by atoms with Gasteiger partial charge in [0.15, 0.2) is 0 Å². The van der Waals surface area contributed by atoms with Crippen molar-refractivity contribution in [1.29, 1.82) is 0 Å². The molecule has 5 nitrogen and oxygen atoms in total. The molecule has 134 valence electrons. The predicted octanol–water partition coefficient (Wildman–Crippen LogP) is 3.52. The number of likely N-dealkylation sites (N-methyl/N-ethyl adjacent to an activating group) is 1. The molecule has 4 rings (SSSR count). The fourth-order valence-electron chi connectivity index (χ4n) is 3.74. The van der Waals surface area contributed by atoms with Crippen molar-refractivity contribution in [3.05, 3.63) is 32.8 Å². The quantitative estimate of drug-likeness (QED) is 0.809. The third-order valence-electron chi connectivity index (χ3n) is 5.45. The molecule has 1 fully saturated rings. The van der Waals surface area contributed by atoms with Crippen molar-refractivity contribution in [3.63, 3.8) is 0 Å². The van der Waals surface area contributed by atoms with Crippen molar-refractivity contribution in [2.24, 2.45) is 0 Å². The highest BCUT2D eigenvalue weighted by atomic mass is 79.9. The monoisotopic (exact) mass is 426 g/mol. The van der Waals surface area contributed by atoms with Crippen LogP contribution in [0.3, 0.4) is 0 Å². The number of nitrogens with zero attached hydrogens (tertiary/aromatic N) is 2. The van der Waals surface area contributed by atoms with Crippen LogP contribution in [0, 0.1) is 0 Å². The standard InChI is InChI=1S/C18H20BrClN2O3/c1-22-6-2-5-18(22,9-23)10-25-14-4-3-11-12-7-24-8-13(12)15(19)16(20)17(11)21-14/h3-4,23H,2,5-10H2,1H3. The van der Waals surface area contributed by atoms with E-state index in [2.05, 4.69) is 25.8 Å². The van der Waals surface area contributed by atoms with Crippen LogP contribution in [0.5, 0.6) is 5.88 Å². The average Bonchev–Trinajstić information content (AvgIpc) is 3.25. The summed E-state index contributed by atoms with van der Waals surface area (Å²) >= 11 is 10.1. The zero-order chi connectivity index (χ0) is 17.6. The number of benzene rings is 1. The van der Waals surface area contributed by atoms with E-state index in [1.54, 1.807) is 0 Å². The Bertz CT molecular complexity index is 832. The first kappa shape index (κ1) is 17.5. The van der Waals surface area contributed by atoms with Gasteiger partial charge in [0.1, 0.15) is 6.61 Å². The number of aliphatic hydroxyl groups is 1. The summed E-state index contributed by atoms with van der Waals surface area (Å²) in [7, 11) is 2.03. The smallest absolute Gasteiger partial charge is 0.213 e. The Kier molecular flexibility index (Phi) is 4.67. The van der Waals surface area contributed by atoms with E-state index in [1.165, 1.54) is 0 Å². The first-order chi connectivity index (χ1) is 12.1. The van der Waals surface area contributed by atoms with Crippen molar-refractivity contribution >= 4 is 38.4 Å². The van der Waals surface area contributed by atoms with E-state index in [9.17, 15) is 5.11 Å². The highest BCUT2D eigenvalue weighted by Gasteiger charge is 2.39. The van der Waals surface area contributed by atoms with Gasteiger partial charge in [0, 0.05) is 15.9 Å². The summed E-state index contributed by atoms with van der Waals surface area (Å²) in [5.74, 6) is 0.522. The Morgan fingerprint density at radius 3 is 2.92 bits per heavy atom. The molecule has 0 amide bonds. The van der Waals surface area contributed by atoms with E-state index in [1.807, 2.05) is 19.2 Å². The number of likely N-dealkylation sites (tertiary alicyclic amines) is 1. The minimum absolute atomic E-state index is 0.0776. The molecule has 7 heteroatoms. The Hall–Kier alpha value is -0.920. The van der Waals surface area contributed by atoms with Gasteiger partial charge in [0.25, 0.3) is 0 Å². The number of hydrogen-bond acceptors (Lipinski definition) is 5. The average molecular weight is 428 g/mol. The highest BCUT2D eigenvalue weighted by molar-refractivity contribution is 9.10. The molecular formula is C18H20BrClN2O3. The summed E-state index contributed by atoms with van der Waals surface area (Å²) in [6.07, 6.45) is 1.99. The van der Waals surface area contributed by atoms with Crippen molar-refractivity contribution < 1.29 is 14.6 Å². The lowest BCUT2D eigenvalue weighted by Gasteiger charge is -2.33. The van der Waals surface area contributed by atoms with Crippen LogP contribution < -0.4 is 4.74 Å².